The van der Waals surface area contributed by atoms with Crippen LogP contribution in [0.3, 0.4) is 0 Å². The van der Waals surface area contributed by atoms with Crippen LogP contribution < -0.4 is 9.64 Å². The lowest BCUT2D eigenvalue weighted by Gasteiger charge is -2.22. The van der Waals surface area contributed by atoms with Crippen LogP contribution in [-0.4, -0.2) is 50.1 Å². The summed E-state index contributed by atoms with van der Waals surface area (Å²) in [6.45, 7) is 3.28. The summed E-state index contributed by atoms with van der Waals surface area (Å²) >= 11 is 7.59. The number of hydrogen-bond donors (Lipinski definition) is 0. The summed E-state index contributed by atoms with van der Waals surface area (Å²) in [6.07, 6.45) is 0. The molecule has 3 rings (SSSR count). The van der Waals surface area contributed by atoms with E-state index in [1.807, 2.05) is 38.1 Å². The summed E-state index contributed by atoms with van der Waals surface area (Å²) < 4.78 is 6.48. The summed E-state index contributed by atoms with van der Waals surface area (Å²) in [7, 11) is 5.59. The van der Waals surface area contributed by atoms with E-state index in [1.165, 1.54) is 11.3 Å². The molecule has 8 heteroatoms. The van der Waals surface area contributed by atoms with Crippen molar-refractivity contribution in [2.45, 2.75) is 6.92 Å². The van der Waals surface area contributed by atoms with Gasteiger partial charge < -0.3 is 9.64 Å². The van der Waals surface area contributed by atoms with E-state index < -0.39 is 0 Å². The van der Waals surface area contributed by atoms with Crippen molar-refractivity contribution in [3.05, 3.63) is 52.5 Å². The maximum Gasteiger partial charge on any atom is 0.260 e. The Morgan fingerprint density at radius 1 is 1.21 bits per heavy atom. The smallest absolute Gasteiger partial charge is 0.260 e. The molecular weight excluding hydrogens is 417 g/mol. The van der Waals surface area contributed by atoms with Crippen LogP contribution in [0.2, 0.25) is 5.02 Å². The molecule has 0 spiro atoms. The molecule has 0 aliphatic heterocycles. The Hall–Kier alpha value is -1.86. The van der Waals surface area contributed by atoms with Gasteiger partial charge in [-0.2, -0.15) is 0 Å². The highest BCUT2D eigenvalue weighted by Gasteiger charge is 2.23. The van der Waals surface area contributed by atoms with Crippen LogP contribution >= 0.6 is 35.3 Å². The lowest BCUT2D eigenvalue weighted by atomic mass is 10.2. The number of ether oxygens (including phenoxy) is 1. The molecule has 150 valence electrons. The van der Waals surface area contributed by atoms with E-state index in [0.717, 1.165) is 22.3 Å². The second kappa shape index (κ2) is 9.56. The van der Waals surface area contributed by atoms with E-state index in [-0.39, 0.29) is 18.3 Å². The number of thiazole rings is 1. The number of likely N-dealkylation sites (N-methyl/N-ethyl adjacent to an activating group) is 1. The number of hydrogen-bond acceptors (Lipinski definition) is 5. The molecule has 0 unspecified atom stereocenters. The number of fused-ring (bicyclic) bond motifs is 1. The summed E-state index contributed by atoms with van der Waals surface area (Å²) in [6, 6.07) is 10.9. The van der Waals surface area contributed by atoms with Crippen molar-refractivity contribution in [3.8, 4) is 5.75 Å². The predicted octanol–water partition coefficient (Wildman–Crippen LogP) is 4.90. The molecule has 0 aliphatic rings. The van der Waals surface area contributed by atoms with Crippen molar-refractivity contribution in [2.24, 2.45) is 0 Å². The van der Waals surface area contributed by atoms with Gasteiger partial charge in [0.05, 0.1) is 11.8 Å². The number of benzene rings is 2. The molecule has 0 saturated carbocycles. The minimum atomic E-state index is -0.116. The van der Waals surface area contributed by atoms with Gasteiger partial charge in [-0.15, -0.1) is 12.4 Å². The number of rotatable bonds is 6. The first-order valence-corrected chi connectivity index (χ1v) is 9.76. The largest absolute Gasteiger partial charge is 0.494 e. The van der Waals surface area contributed by atoms with Gasteiger partial charge in [-0.3, -0.25) is 9.69 Å². The Morgan fingerprint density at radius 2 is 1.96 bits per heavy atom. The topological polar surface area (TPSA) is 45.7 Å². The summed E-state index contributed by atoms with van der Waals surface area (Å²) in [4.78, 5) is 21.7. The summed E-state index contributed by atoms with van der Waals surface area (Å²) in [5.74, 6) is 0.593. The highest BCUT2D eigenvalue weighted by atomic mass is 35.5. The molecule has 5 nitrogen and oxygen atoms in total. The number of aromatic nitrogens is 1. The Balaban J connectivity index is 0.00000280. The molecule has 28 heavy (non-hydrogen) atoms. The minimum absolute atomic E-state index is 0. The predicted molar refractivity (Wildman–Crippen MR) is 120 cm³/mol. The van der Waals surface area contributed by atoms with Gasteiger partial charge in [0.2, 0.25) is 0 Å². The van der Waals surface area contributed by atoms with Gasteiger partial charge in [0.15, 0.2) is 5.13 Å². The molecule has 0 radical (unpaired) electrons. The number of aryl methyl sites for hydroxylation is 1. The fourth-order valence-electron chi connectivity index (χ4n) is 2.74. The van der Waals surface area contributed by atoms with Gasteiger partial charge in [0.1, 0.15) is 11.3 Å². The third-order valence-corrected chi connectivity index (χ3v) is 5.68. The van der Waals surface area contributed by atoms with Crippen molar-refractivity contribution >= 4 is 56.6 Å². The van der Waals surface area contributed by atoms with E-state index in [0.29, 0.717) is 28.0 Å². The van der Waals surface area contributed by atoms with Crippen LogP contribution in [0, 0.1) is 6.92 Å². The molecule has 1 aromatic heterocycles. The number of methoxy groups -OCH3 is 1. The number of halogens is 2. The number of anilines is 1. The highest BCUT2D eigenvalue weighted by Crippen LogP contribution is 2.36. The maximum atomic E-state index is 13.2. The lowest BCUT2D eigenvalue weighted by Crippen LogP contribution is -2.36. The van der Waals surface area contributed by atoms with E-state index >= 15 is 0 Å². The summed E-state index contributed by atoms with van der Waals surface area (Å²) in [5.41, 5.74) is 2.44. The zero-order valence-corrected chi connectivity index (χ0v) is 18.6. The average molecular weight is 440 g/mol. The quantitative estimate of drug-likeness (QED) is 0.547. The first kappa shape index (κ1) is 22.4. The molecule has 1 amide bonds. The molecule has 0 fully saturated rings. The number of amides is 1. The molecular formula is C20H23Cl2N3O2S. The molecule has 0 saturated heterocycles. The van der Waals surface area contributed by atoms with Crippen LogP contribution in [-0.2, 0) is 0 Å². The Kier molecular flexibility index (Phi) is 7.66. The zero-order chi connectivity index (χ0) is 19.6. The molecule has 3 aromatic rings. The minimum Gasteiger partial charge on any atom is -0.494 e. The third-order valence-electron chi connectivity index (χ3n) is 4.23. The van der Waals surface area contributed by atoms with Crippen LogP contribution in [0.1, 0.15) is 15.9 Å². The van der Waals surface area contributed by atoms with Gasteiger partial charge in [0.25, 0.3) is 5.91 Å². The lowest BCUT2D eigenvalue weighted by molar-refractivity contribution is 0.0985. The van der Waals surface area contributed by atoms with Crippen LogP contribution in [0.4, 0.5) is 5.13 Å². The van der Waals surface area contributed by atoms with Crippen molar-refractivity contribution in [3.63, 3.8) is 0 Å². The van der Waals surface area contributed by atoms with Gasteiger partial charge in [0, 0.05) is 23.7 Å². The second-order valence-electron chi connectivity index (χ2n) is 6.53. The van der Waals surface area contributed by atoms with Crippen molar-refractivity contribution < 1.29 is 9.53 Å². The van der Waals surface area contributed by atoms with Gasteiger partial charge in [-0.1, -0.05) is 35.1 Å². The van der Waals surface area contributed by atoms with Crippen molar-refractivity contribution in [1.82, 2.24) is 9.88 Å². The van der Waals surface area contributed by atoms with Crippen molar-refractivity contribution in [2.75, 3.05) is 39.2 Å². The second-order valence-corrected chi connectivity index (χ2v) is 7.94. The monoisotopic (exact) mass is 439 g/mol. The van der Waals surface area contributed by atoms with Crippen LogP contribution in [0.25, 0.3) is 10.2 Å². The molecule has 2 aromatic carbocycles. The third kappa shape index (κ3) is 4.75. The molecule has 1 heterocycles. The number of nitrogens with zero attached hydrogens (tertiary/aromatic N) is 3. The fraction of sp³-hybridized carbons (Fsp3) is 0.300. The van der Waals surface area contributed by atoms with Gasteiger partial charge >= 0.3 is 0 Å². The van der Waals surface area contributed by atoms with Crippen molar-refractivity contribution in [1.29, 1.82) is 0 Å². The number of carbonyl (C=O) groups is 1. The summed E-state index contributed by atoms with van der Waals surface area (Å²) in [5, 5.41) is 1.19. The van der Waals surface area contributed by atoms with Crippen LogP contribution in [0.5, 0.6) is 5.75 Å². The molecule has 0 N–H and O–H groups in total. The average Bonchev–Trinajstić information content (AvgIpc) is 3.08. The van der Waals surface area contributed by atoms with E-state index in [1.54, 1.807) is 36.3 Å². The normalized spacial score (nSPS) is 10.8. The van der Waals surface area contributed by atoms with E-state index in [2.05, 4.69) is 0 Å². The van der Waals surface area contributed by atoms with E-state index in [9.17, 15) is 4.79 Å². The zero-order valence-electron chi connectivity index (χ0n) is 16.2. The fourth-order valence-corrected chi connectivity index (χ4v) is 4.01. The highest BCUT2D eigenvalue weighted by molar-refractivity contribution is 7.22. The SMILES string of the molecule is COc1ccc(C)c2sc(N(CCN(C)C)C(=O)c3cccc(Cl)c3)nc12.Cl. The number of carbonyl (C=O) groups excluding carboxylic acids is 1. The van der Waals surface area contributed by atoms with E-state index in [4.69, 9.17) is 21.3 Å². The van der Waals surface area contributed by atoms with Gasteiger partial charge in [-0.25, -0.2) is 4.98 Å². The Labute approximate surface area is 180 Å². The first-order valence-electron chi connectivity index (χ1n) is 8.57. The van der Waals surface area contributed by atoms with Crippen LogP contribution in [0.15, 0.2) is 36.4 Å². The maximum absolute atomic E-state index is 13.2. The standard InChI is InChI=1S/C20H22ClN3O2S.ClH/c1-13-8-9-16(26-4)17-18(13)27-20(22-17)24(11-10-23(2)3)19(25)14-6-5-7-15(21)12-14;/h5-9,12H,10-11H2,1-4H3;1H. The molecule has 0 atom stereocenters. The first-order chi connectivity index (χ1) is 12.9. The molecule has 0 aliphatic carbocycles. The van der Waals surface area contributed by atoms with Gasteiger partial charge in [-0.05, 0) is 50.8 Å². The molecule has 0 bridgehead atoms. The Morgan fingerprint density at radius 3 is 2.61 bits per heavy atom. The Bertz CT molecular complexity index is 975.